The van der Waals surface area contributed by atoms with Gasteiger partial charge in [-0.3, -0.25) is 9.59 Å². The molecule has 1 N–H and O–H groups in total. The highest BCUT2D eigenvalue weighted by atomic mass is 32.2. The van der Waals surface area contributed by atoms with E-state index >= 15 is 0 Å². The topological polar surface area (TPSA) is 83.6 Å². The first-order valence-corrected chi connectivity index (χ1v) is 9.16. The number of nitrogens with zero attached hydrogens (tertiary/aromatic N) is 1. The standard InChI is InChI=1S/C17H14F2N2O4S/c18-13-8-7-11(10-14(13)19)20-16(22)6-3-9-21-17(23)12-4-1-2-5-15(12)26(21,24)25/h1-2,4-5,7-8,10H,3,6,9H2,(H,20,22). The number of anilines is 1. The van der Waals surface area contributed by atoms with Crippen LogP contribution in [-0.4, -0.2) is 31.1 Å². The third kappa shape index (κ3) is 3.30. The highest BCUT2D eigenvalue weighted by Crippen LogP contribution is 2.30. The number of halogens is 2. The van der Waals surface area contributed by atoms with Gasteiger partial charge in [-0.1, -0.05) is 12.1 Å². The van der Waals surface area contributed by atoms with Gasteiger partial charge in [0.2, 0.25) is 5.91 Å². The van der Waals surface area contributed by atoms with Crippen LogP contribution >= 0.6 is 0 Å². The molecule has 0 spiro atoms. The van der Waals surface area contributed by atoms with Gasteiger partial charge in [0, 0.05) is 24.7 Å². The predicted octanol–water partition coefficient (Wildman–Crippen LogP) is 2.53. The fraction of sp³-hybridized carbons (Fsp3) is 0.176. The predicted molar refractivity (Wildman–Crippen MR) is 88.9 cm³/mol. The molecule has 136 valence electrons. The molecule has 0 radical (unpaired) electrons. The minimum atomic E-state index is -3.90. The van der Waals surface area contributed by atoms with E-state index in [1.165, 1.54) is 24.3 Å². The Morgan fingerprint density at radius 1 is 1.08 bits per heavy atom. The van der Waals surface area contributed by atoms with E-state index in [1.54, 1.807) is 6.07 Å². The van der Waals surface area contributed by atoms with Gasteiger partial charge >= 0.3 is 0 Å². The zero-order valence-electron chi connectivity index (χ0n) is 13.4. The summed E-state index contributed by atoms with van der Waals surface area (Å²) in [6.07, 6.45) is 0.00308. The fourth-order valence-electron chi connectivity index (χ4n) is 2.63. The lowest BCUT2D eigenvalue weighted by molar-refractivity contribution is -0.116. The van der Waals surface area contributed by atoms with E-state index in [1.807, 2.05) is 0 Å². The van der Waals surface area contributed by atoms with Crippen molar-refractivity contribution >= 4 is 27.5 Å². The molecule has 0 atom stereocenters. The molecule has 0 bridgehead atoms. The molecule has 9 heteroatoms. The summed E-state index contributed by atoms with van der Waals surface area (Å²) in [6.45, 7) is -0.152. The molecule has 2 aromatic carbocycles. The number of benzene rings is 2. The number of hydrogen-bond donors (Lipinski definition) is 1. The van der Waals surface area contributed by atoms with Crippen LogP contribution in [0.15, 0.2) is 47.4 Å². The molecule has 1 aliphatic heterocycles. The second kappa shape index (κ2) is 6.83. The molecular weight excluding hydrogens is 366 g/mol. The number of fused-ring (bicyclic) bond motifs is 1. The molecule has 2 amide bonds. The second-order valence-electron chi connectivity index (χ2n) is 5.66. The number of hydrogen-bond acceptors (Lipinski definition) is 4. The van der Waals surface area contributed by atoms with E-state index < -0.39 is 33.5 Å². The molecule has 1 aliphatic rings. The molecule has 2 aromatic rings. The van der Waals surface area contributed by atoms with Crippen molar-refractivity contribution in [1.82, 2.24) is 4.31 Å². The smallest absolute Gasteiger partial charge is 0.269 e. The third-order valence-electron chi connectivity index (χ3n) is 3.88. The Balaban J connectivity index is 1.59. The number of carbonyl (C=O) groups excluding carboxylic acids is 2. The summed E-state index contributed by atoms with van der Waals surface area (Å²) in [7, 11) is -3.90. The average molecular weight is 380 g/mol. The Labute approximate surface area is 148 Å². The van der Waals surface area contributed by atoms with Crippen LogP contribution in [0.2, 0.25) is 0 Å². The lowest BCUT2D eigenvalue weighted by Crippen LogP contribution is -2.31. The summed E-state index contributed by atoms with van der Waals surface area (Å²) < 4.78 is 51.4. The van der Waals surface area contributed by atoms with Gasteiger partial charge in [-0.05, 0) is 30.7 Å². The molecule has 0 fully saturated rings. The lowest BCUT2D eigenvalue weighted by Gasteiger charge is -2.14. The van der Waals surface area contributed by atoms with Crippen LogP contribution in [-0.2, 0) is 14.8 Å². The third-order valence-corrected chi connectivity index (χ3v) is 5.72. The van der Waals surface area contributed by atoms with Crippen molar-refractivity contribution < 1.29 is 26.8 Å². The van der Waals surface area contributed by atoms with E-state index in [0.29, 0.717) is 0 Å². The summed E-state index contributed by atoms with van der Waals surface area (Å²) in [5.74, 6) is -3.24. The number of amides is 2. The van der Waals surface area contributed by atoms with Crippen LogP contribution in [0.4, 0.5) is 14.5 Å². The minimum Gasteiger partial charge on any atom is -0.326 e. The fourth-order valence-corrected chi connectivity index (χ4v) is 4.24. The Hall–Kier alpha value is -2.81. The molecule has 26 heavy (non-hydrogen) atoms. The molecule has 1 heterocycles. The molecule has 0 aromatic heterocycles. The van der Waals surface area contributed by atoms with Gasteiger partial charge < -0.3 is 5.32 Å². The van der Waals surface area contributed by atoms with E-state index in [9.17, 15) is 26.8 Å². The molecule has 0 saturated heterocycles. The lowest BCUT2D eigenvalue weighted by atomic mass is 10.2. The van der Waals surface area contributed by atoms with Crippen molar-refractivity contribution in [2.24, 2.45) is 0 Å². The second-order valence-corrected chi connectivity index (χ2v) is 7.49. The van der Waals surface area contributed by atoms with E-state index in [2.05, 4.69) is 5.32 Å². The Bertz CT molecular complexity index is 992. The van der Waals surface area contributed by atoms with Crippen molar-refractivity contribution in [3.63, 3.8) is 0 Å². The first-order valence-electron chi connectivity index (χ1n) is 7.72. The zero-order valence-corrected chi connectivity index (χ0v) is 14.2. The molecule has 6 nitrogen and oxygen atoms in total. The maximum Gasteiger partial charge on any atom is 0.269 e. The van der Waals surface area contributed by atoms with Gasteiger partial charge in [-0.2, -0.15) is 0 Å². The van der Waals surface area contributed by atoms with Crippen molar-refractivity contribution in [1.29, 1.82) is 0 Å². The molecule has 0 aliphatic carbocycles. The van der Waals surface area contributed by atoms with Gasteiger partial charge in [0.15, 0.2) is 11.6 Å². The molecule has 3 rings (SSSR count). The summed E-state index contributed by atoms with van der Waals surface area (Å²) in [5.41, 5.74) is 0.199. The number of carbonyl (C=O) groups is 2. The van der Waals surface area contributed by atoms with Crippen molar-refractivity contribution in [3.05, 3.63) is 59.7 Å². The van der Waals surface area contributed by atoms with Crippen molar-refractivity contribution in [3.8, 4) is 0 Å². The highest BCUT2D eigenvalue weighted by molar-refractivity contribution is 7.90. The van der Waals surface area contributed by atoms with Crippen LogP contribution in [0.3, 0.4) is 0 Å². The van der Waals surface area contributed by atoms with Gasteiger partial charge in [0.05, 0.1) is 5.56 Å². The summed E-state index contributed by atoms with van der Waals surface area (Å²) in [6, 6.07) is 8.84. The first-order chi connectivity index (χ1) is 12.3. The summed E-state index contributed by atoms with van der Waals surface area (Å²) in [4.78, 5) is 24.0. The van der Waals surface area contributed by atoms with E-state index in [0.717, 1.165) is 16.4 Å². The number of rotatable bonds is 5. The number of nitrogens with one attached hydrogen (secondary N) is 1. The molecular formula is C17H14F2N2O4S. The van der Waals surface area contributed by atoms with Gasteiger partial charge in [0.1, 0.15) is 4.90 Å². The van der Waals surface area contributed by atoms with E-state index in [4.69, 9.17) is 0 Å². The maximum atomic E-state index is 13.1. The average Bonchev–Trinajstić information content (AvgIpc) is 2.79. The normalized spacial score (nSPS) is 15.0. The van der Waals surface area contributed by atoms with Crippen LogP contribution in [0.25, 0.3) is 0 Å². The van der Waals surface area contributed by atoms with Crippen LogP contribution in [0, 0.1) is 11.6 Å². The molecule has 0 saturated carbocycles. The van der Waals surface area contributed by atoms with Crippen molar-refractivity contribution in [2.75, 3.05) is 11.9 Å². The Morgan fingerprint density at radius 2 is 1.81 bits per heavy atom. The van der Waals surface area contributed by atoms with Gasteiger partial charge in [0.25, 0.3) is 15.9 Å². The van der Waals surface area contributed by atoms with E-state index in [-0.39, 0.29) is 35.5 Å². The molecule has 0 unspecified atom stereocenters. The summed E-state index contributed by atoms with van der Waals surface area (Å²) >= 11 is 0. The first kappa shape index (κ1) is 18.0. The highest BCUT2D eigenvalue weighted by Gasteiger charge is 2.40. The Morgan fingerprint density at radius 3 is 2.50 bits per heavy atom. The monoisotopic (exact) mass is 380 g/mol. The van der Waals surface area contributed by atoms with Crippen molar-refractivity contribution in [2.45, 2.75) is 17.7 Å². The Kier molecular flexibility index (Phi) is 4.73. The SMILES string of the molecule is O=C(CCCN1C(=O)c2ccccc2S1(=O)=O)Nc1ccc(F)c(F)c1. The van der Waals surface area contributed by atoms with Crippen LogP contribution in [0.1, 0.15) is 23.2 Å². The van der Waals surface area contributed by atoms with Gasteiger partial charge in [-0.25, -0.2) is 21.5 Å². The maximum absolute atomic E-state index is 13.1. The number of sulfonamides is 1. The summed E-state index contributed by atoms with van der Waals surface area (Å²) in [5, 5.41) is 2.39. The minimum absolute atomic E-state index is 0.0451. The quantitative estimate of drug-likeness (QED) is 0.864. The van der Waals surface area contributed by atoms with Crippen LogP contribution in [0.5, 0.6) is 0 Å². The zero-order chi connectivity index (χ0) is 18.9. The largest absolute Gasteiger partial charge is 0.326 e. The van der Waals surface area contributed by atoms with Crippen LogP contribution < -0.4 is 5.32 Å². The van der Waals surface area contributed by atoms with Gasteiger partial charge in [-0.15, -0.1) is 0 Å².